The molecule has 1 aromatic heterocycles. The second kappa shape index (κ2) is 7.36. The molecule has 0 saturated carbocycles. The number of aromatic nitrogens is 1. The van der Waals surface area contributed by atoms with Crippen molar-refractivity contribution in [2.45, 2.75) is 17.4 Å². The minimum absolute atomic E-state index is 0.390. The fourth-order valence-electron chi connectivity index (χ4n) is 5.96. The van der Waals surface area contributed by atoms with Crippen LogP contribution in [-0.2, 0) is 0 Å². The molecule has 0 radical (unpaired) electrons. The van der Waals surface area contributed by atoms with Gasteiger partial charge in [0.25, 0.3) is 12.9 Å². The van der Waals surface area contributed by atoms with Gasteiger partial charge in [0.05, 0.1) is 16.6 Å². The molecule has 162 valence electrons. The summed E-state index contributed by atoms with van der Waals surface area (Å²) in [5, 5.41) is 3.53. The summed E-state index contributed by atoms with van der Waals surface area (Å²) >= 11 is 2.06. The van der Waals surface area contributed by atoms with E-state index in [-0.39, 0.29) is 0 Å². The minimum atomic E-state index is 0.390. The molecule has 0 aliphatic carbocycles. The quantitative estimate of drug-likeness (QED) is 0.158. The first-order valence-corrected chi connectivity index (χ1v) is 12.6. The van der Waals surface area contributed by atoms with Gasteiger partial charge in [0.1, 0.15) is 0 Å². The molecule has 3 heteroatoms. The number of para-hydroxylation sites is 2. The third-order valence-corrected chi connectivity index (χ3v) is 8.60. The van der Waals surface area contributed by atoms with Crippen molar-refractivity contribution in [3.05, 3.63) is 113 Å². The first kappa shape index (κ1) is 19.7. The fourth-order valence-corrected chi connectivity index (χ4v) is 7.40. The first-order chi connectivity index (χ1) is 16.8. The van der Waals surface area contributed by atoms with Crippen LogP contribution in [0, 0.1) is 6.92 Å². The van der Waals surface area contributed by atoms with Crippen LogP contribution in [0.3, 0.4) is 0 Å². The molecule has 5 aromatic rings. The maximum absolute atomic E-state index is 4.13. The third kappa shape index (κ3) is 2.57. The van der Waals surface area contributed by atoms with E-state index in [0.29, 0.717) is 10.5 Å². The number of rotatable bonds is 3. The van der Waals surface area contributed by atoms with E-state index in [9.17, 15) is 0 Å². The van der Waals surface area contributed by atoms with Crippen LogP contribution in [0.25, 0.3) is 38.6 Å². The zero-order valence-corrected chi connectivity index (χ0v) is 19.7. The summed E-state index contributed by atoms with van der Waals surface area (Å²) < 4.78 is 6.59. The summed E-state index contributed by atoms with van der Waals surface area (Å²) in [5.74, 6) is 0. The van der Waals surface area contributed by atoms with E-state index in [1.165, 1.54) is 55.3 Å². The summed E-state index contributed by atoms with van der Waals surface area (Å²) in [5.41, 5.74) is 11.7. The number of nitrogens with zero attached hydrogens (tertiary/aromatic N) is 2. The highest BCUT2D eigenvalue weighted by Gasteiger charge is 2.40. The van der Waals surface area contributed by atoms with Crippen molar-refractivity contribution in [2.75, 3.05) is 0 Å². The van der Waals surface area contributed by atoms with E-state index >= 15 is 0 Å². The molecule has 3 heterocycles. The van der Waals surface area contributed by atoms with Crippen LogP contribution in [0.1, 0.15) is 32.8 Å². The fraction of sp³-hybridized carbons (Fsp3) is 0.0968. The Labute approximate surface area is 203 Å². The highest BCUT2D eigenvalue weighted by Crippen LogP contribution is 2.62. The molecule has 2 atom stereocenters. The highest BCUT2D eigenvalue weighted by molar-refractivity contribution is 8.00. The number of hydrogen-bond donors (Lipinski definition) is 0. The van der Waals surface area contributed by atoms with Crippen molar-refractivity contribution in [1.29, 1.82) is 0 Å². The van der Waals surface area contributed by atoms with E-state index in [1.807, 2.05) is 6.21 Å². The van der Waals surface area contributed by atoms with Crippen LogP contribution in [0.4, 0.5) is 0 Å². The Kier molecular flexibility index (Phi) is 4.26. The van der Waals surface area contributed by atoms with Crippen molar-refractivity contribution in [3.8, 4) is 16.8 Å². The van der Waals surface area contributed by atoms with Crippen LogP contribution < -0.4 is 4.67 Å². The molecule has 0 N–H and O–H groups in total. The number of aryl methyl sites for hydroxylation is 1. The van der Waals surface area contributed by atoms with Gasteiger partial charge in [0, 0.05) is 27.0 Å². The number of benzene rings is 4. The Bertz CT molecular complexity index is 1700. The Morgan fingerprint density at radius 2 is 1.56 bits per heavy atom. The molecule has 0 fully saturated rings. The Balaban J connectivity index is 1.73. The lowest BCUT2D eigenvalue weighted by Crippen LogP contribution is -2.04. The van der Waals surface area contributed by atoms with Crippen LogP contribution in [0.2, 0.25) is 0 Å². The lowest BCUT2D eigenvalue weighted by Gasteiger charge is -2.21. The lowest BCUT2D eigenvalue weighted by atomic mass is 9.82. The monoisotopic (exact) mass is 455 g/mol. The van der Waals surface area contributed by atoms with Gasteiger partial charge in [-0.15, -0.1) is 16.4 Å². The molecule has 7 rings (SSSR count). The second-order valence-corrected chi connectivity index (χ2v) is 10.3. The first-order valence-electron chi connectivity index (χ1n) is 11.6. The molecule has 2 aliphatic rings. The molecule has 0 saturated heterocycles. The summed E-state index contributed by atoms with van der Waals surface area (Å²) in [6, 6.07) is 28.2. The van der Waals surface area contributed by atoms with Gasteiger partial charge in [-0.25, -0.2) is 0 Å². The van der Waals surface area contributed by atoms with Crippen molar-refractivity contribution in [2.24, 2.45) is 0 Å². The van der Waals surface area contributed by atoms with Gasteiger partial charge in [-0.05, 0) is 59.0 Å². The Hall–Kier alpha value is -3.78. The summed E-state index contributed by atoms with van der Waals surface area (Å²) in [7, 11) is 0. The molecule has 4 aromatic carbocycles. The lowest BCUT2D eigenvalue weighted by molar-refractivity contribution is 1.13. The van der Waals surface area contributed by atoms with Gasteiger partial charge in [-0.1, -0.05) is 66.7 Å². The van der Waals surface area contributed by atoms with Gasteiger partial charge in [-0.2, -0.15) is 0 Å². The minimum Gasteiger partial charge on any atom is -0.309 e. The Morgan fingerprint density at radius 1 is 0.853 bits per heavy atom. The predicted molar refractivity (Wildman–Crippen MR) is 148 cm³/mol. The summed E-state index contributed by atoms with van der Waals surface area (Å²) in [4.78, 5) is 0. The van der Waals surface area contributed by atoms with Crippen LogP contribution in [0.5, 0.6) is 0 Å². The Morgan fingerprint density at radius 3 is 2.38 bits per heavy atom. The van der Waals surface area contributed by atoms with Crippen molar-refractivity contribution < 1.29 is 0 Å². The van der Waals surface area contributed by atoms with Crippen LogP contribution in [0.15, 0.2) is 91.0 Å². The van der Waals surface area contributed by atoms with Crippen LogP contribution >= 0.6 is 11.8 Å². The van der Waals surface area contributed by atoms with Gasteiger partial charge in [-0.3, -0.25) is 0 Å². The normalized spacial score (nSPS) is 17.9. The van der Waals surface area contributed by atoms with Gasteiger partial charge < -0.3 is 4.57 Å². The number of thioether (sulfide) groups is 1. The van der Waals surface area contributed by atoms with Gasteiger partial charge in [0.2, 0.25) is 0 Å². The van der Waals surface area contributed by atoms with Crippen molar-refractivity contribution >= 4 is 46.5 Å². The van der Waals surface area contributed by atoms with Crippen molar-refractivity contribution in [1.82, 2.24) is 9.24 Å². The zero-order valence-electron chi connectivity index (χ0n) is 18.9. The predicted octanol–water partition coefficient (Wildman–Crippen LogP) is 7.34. The van der Waals surface area contributed by atoms with E-state index in [2.05, 4.69) is 126 Å². The van der Waals surface area contributed by atoms with E-state index in [1.54, 1.807) is 0 Å². The van der Waals surface area contributed by atoms with Crippen LogP contribution in [-0.4, -0.2) is 17.5 Å². The average Bonchev–Trinajstić information content (AvgIpc) is 3.58. The largest absolute Gasteiger partial charge is 0.309 e. The number of hydrogen-bond acceptors (Lipinski definition) is 1. The summed E-state index contributed by atoms with van der Waals surface area (Å²) in [6.45, 7) is 6.03. The molecule has 34 heavy (non-hydrogen) atoms. The summed E-state index contributed by atoms with van der Waals surface area (Å²) in [6.07, 6.45) is 6.67. The van der Waals surface area contributed by atoms with Gasteiger partial charge in [0.15, 0.2) is 0 Å². The molecule has 2 aliphatic heterocycles. The van der Waals surface area contributed by atoms with E-state index in [0.717, 1.165) is 5.56 Å². The average molecular weight is 456 g/mol. The molecule has 0 amide bonds. The number of fused-ring (bicyclic) bond motifs is 9. The molecular weight excluding hydrogens is 432 g/mol. The molecule has 2 unspecified atom stereocenters. The van der Waals surface area contributed by atoms with E-state index < -0.39 is 0 Å². The van der Waals surface area contributed by atoms with E-state index in [4.69, 9.17) is 0 Å². The molecule has 2 nitrogen and oxygen atoms in total. The second-order valence-electron chi connectivity index (χ2n) is 9.00. The molecule has 2 bridgehead atoms. The molecular formula is C31H23N2S+. The molecule has 0 spiro atoms. The zero-order chi connectivity index (χ0) is 22.8. The SMILES string of the molecule is C=[N+]=Cc1ccccc1-c1c2c(c3c4ccccc4n(-c4ccccc4)c3c1C)C1C=CC2S1. The topological polar surface area (TPSA) is 19.0 Å². The maximum Gasteiger partial charge on any atom is 0.299 e. The third-order valence-electron chi connectivity index (χ3n) is 7.23. The van der Waals surface area contributed by atoms with Gasteiger partial charge >= 0.3 is 0 Å². The maximum atomic E-state index is 4.13. The standard InChI is InChI=1S/C31H23N2S/c1-19-27(22-13-7-6-10-20(22)18-32-2)29-25-16-17-26(34-25)30(29)28-23-14-8-9-15-24(23)33(31(19)28)21-11-4-3-5-12-21/h3-18,25-26H,2H2,1H3/q+1. The van der Waals surface area contributed by atoms with Crippen molar-refractivity contribution in [3.63, 3.8) is 0 Å². The smallest absolute Gasteiger partial charge is 0.299 e. The highest BCUT2D eigenvalue weighted by atomic mass is 32.2.